The Morgan fingerprint density at radius 3 is 2.95 bits per heavy atom. The highest BCUT2D eigenvalue weighted by molar-refractivity contribution is 5.91. The molecule has 2 N–H and O–H groups in total. The van der Waals surface area contributed by atoms with Gasteiger partial charge < -0.3 is 10.3 Å². The monoisotopic (exact) mass is 254 g/mol. The van der Waals surface area contributed by atoms with Crippen LogP contribution in [0.1, 0.15) is 18.7 Å². The van der Waals surface area contributed by atoms with Crippen LogP contribution in [0.3, 0.4) is 0 Å². The Hall–Kier alpha value is -2.27. The first-order valence-corrected chi connectivity index (χ1v) is 6.17. The third-order valence-electron chi connectivity index (χ3n) is 3.10. The van der Waals surface area contributed by atoms with Gasteiger partial charge in [0.05, 0.1) is 11.1 Å². The van der Waals surface area contributed by atoms with Gasteiger partial charge in [-0.3, -0.25) is 4.98 Å². The fraction of sp³-hybridized carbons (Fsp3) is 0.214. The molecule has 0 aliphatic heterocycles. The van der Waals surface area contributed by atoms with E-state index in [0.717, 1.165) is 16.5 Å². The Balaban J connectivity index is 2.12. The summed E-state index contributed by atoms with van der Waals surface area (Å²) in [5.41, 5.74) is 7.32. The summed E-state index contributed by atoms with van der Waals surface area (Å²) in [5, 5.41) is 5.02. The molecule has 3 aromatic rings. The molecule has 0 bridgehead atoms. The number of rotatable bonds is 3. The van der Waals surface area contributed by atoms with Crippen LogP contribution >= 0.6 is 0 Å². The largest absolute Gasteiger partial charge is 0.334 e. The fourth-order valence-corrected chi connectivity index (χ4v) is 1.93. The predicted molar refractivity (Wildman–Crippen MR) is 72.5 cm³/mol. The van der Waals surface area contributed by atoms with Crippen molar-refractivity contribution in [3.8, 4) is 11.5 Å². The minimum Gasteiger partial charge on any atom is -0.334 e. The van der Waals surface area contributed by atoms with Crippen LogP contribution in [0.25, 0.3) is 22.4 Å². The van der Waals surface area contributed by atoms with Crippen molar-refractivity contribution in [2.75, 3.05) is 6.54 Å². The minimum atomic E-state index is 0.0837. The molecule has 19 heavy (non-hydrogen) atoms. The van der Waals surface area contributed by atoms with Gasteiger partial charge in [-0.15, -0.1) is 0 Å². The number of pyridine rings is 1. The lowest BCUT2D eigenvalue weighted by molar-refractivity contribution is 0.418. The number of fused-ring (bicyclic) bond motifs is 1. The van der Waals surface area contributed by atoms with Gasteiger partial charge in [0.15, 0.2) is 5.82 Å². The van der Waals surface area contributed by atoms with E-state index in [4.69, 9.17) is 10.3 Å². The quantitative estimate of drug-likeness (QED) is 0.776. The van der Waals surface area contributed by atoms with Crippen LogP contribution in [0, 0.1) is 0 Å². The Bertz CT molecular complexity index is 702. The molecule has 2 aromatic heterocycles. The van der Waals surface area contributed by atoms with E-state index in [1.807, 2.05) is 37.3 Å². The molecule has 0 saturated carbocycles. The van der Waals surface area contributed by atoms with E-state index in [0.29, 0.717) is 18.3 Å². The molecule has 3 rings (SSSR count). The molecule has 2 heterocycles. The summed E-state index contributed by atoms with van der Waals surface area (Å²) in [6.45, 7) is 2.46. The van der Waals surface area contributed by atoms with E-state index in [2.05, 4.69) is 15.1 Å². The Labute approximate surface area is 110 Å². The van der Waals surface area contributed by atoms with E-state index in [1.54, 1.807) is 6.20 Å². The lowest BCUT2D eigenvalue weighted by atomic mass is 10.1. The Kier molecular flexibility index (Phi) is 2.97. The van der Waals surface area contributed by atoms with E-state index < -0.39 is 0 Å². The standard InChI is InChI=1S/C14H14N4O/c1-9(8-15)13-17-14(19-18-13)11-6-2-4-10-5-3-7-16-12(10)11/h2-7,9H,8,15H2,1H3. The molecule has 0 amide bonds. The molecular formula is C14H14N4O. The summed E-state index contributed by atoms with van der Waals surface area (Å²) in [4.78, 5) is 8.78. The van der Waals surface area contributed by atoms with Crippen LogP contribution in [-0.4, -0.2) is 21.7 Å². The second-order valence-electron chi connectivity index (χ2n) is 4.48. The zero-order chi connectivity index (χ0) is 13.2. The van der Waals surface area contributed by atoms with E-state index in [9.17, 15) is 0 Å². The van der Waals surface area contributed by atoms with Crippen molar-refractivity contribution >= 4 is 10.9 Å². The maximum absolute atomic E-state index is 5.61. The number of para-hydroxylation sites is 1. The first kappa shape index (κ1) is 11.8. The van der Waals surface area contributed by atoms with Crippen LogP contribution in [0.15, 0.2) is 41.1 Å². The summed E-state index contributed by atoms with van der Waals surface area (Å²) in [6, 6.07) is 9.80. The molecule has 5 nitrogen and oxygen atoms in total. The summed E-state index contributed by atoms with van der Waals surface area (Å²) >= 11 is 0. The van der Waals surface area contributed by atoms with Gasteiger partial charge >= 0.3 is 0 Å². The number of hydrogen-bond donors (Lipinski definition) is 1. The molecule has 1 unspecified atom stereocenters. The lowest BCUT2D eigenvalue weighted by Crippen LogP contribution is -2.10. The van der Waals surface area contributed by atoms with E-state index in [-0.39, 0.29) is 5.92 Å². The molecule has 96 valence electrons. The Morgan fingerprint density at radius 1 is 1.26 bits per heavy atom. The van der Waals surface area contributed by atoms with Crippen molar-refractivity contribution in [2.24, 2.45) is 5.73 Å². The molecule has 1 atom stereocenters. The smallest absolute Gasteiger partial charge is 0.260 e. The zero-order valence-corrected chi connectivity index (χ0v) is 10.6. The summed E-state index contributed by atoms with van der Waals surface area (Å²) in [5.74, 6) is 1.20. The maximum atomic E-state index is 5.61. The molecule has 5 heteroatoms. The number of nitrogens with zero attached hydrogens (tertiary/aromatic N) is 3. The van der Waals surface area contributed by atoms with Crippen LogP contribution < -0.4 is 5.73 Å². The van der Waals surface area contributed by atoms with E-state index in [1.165, 1.54) is 0 Å². The van der Waals surface area contributed by atoms with Crippen molar-refractivity contribution in [3.63, 3.8) is 0 Å². The number of benzene rings is 1. The predicted octanol–water partition coefficient (Wildman–Crippen LogP) is 2.35. The molecule has 0 fully saturated rings. The molecule has 1 aromatic carbocycles. The second-order valence-corrected chi connectivity index (χ2v) is 4.48. The van der Waals surface area contributed by atoms with Crippen molar-refractivity contribution in [1.82, 2.24) is 15.1 Å². The molecule has 0 spiro atoms. The molecule has 0 saturated heterocycles. The first-order chi connectivity index (χ1) is 9.29. The molecule has 0 aliphatic rings. The normalized spacial score (nSPS) is 12.7. The minimum absolute atomic E-state index is 0.0837. The van der Waals surface area contributed by atoms with Gasteiger partial charge in [-0.1, -0.05) is 30.3 Å². The summed E-state index contributed by atoms with van der Waals surface area (Å²) in [7, 11) is 0. The van der Waals surface area contributed by atoms with Gasteiger partial charge in [-0.2, -0.15) is 4.98 Å². The van der Waals surface area contributed by atoms with Gasteiger partial charge in [-0.25, -0.2) is 0 Å². The van der Waals surface area contributed by atoms with Gasteiger partial charge in [0.25, 0.3) is 5.89 Å². The summed E-state index contributed by atoms with van der Waals surface area (Å²) < 4.78 is 5.33. The molecular weight excluding hydrogens is 240 g/mol. The first-order valence-electron chi connectivity index (χ1n) is 6.17. The van der Waals surface area contributed by atoms with Crippen molar-refractivity contribution < 1.29 is 4.52 Å². The van der Waals surface area contributed by atoms with Gasteiger partial charge in [0.1, 0.15) is 0 Å². The molecule has 0 aliphatic carbocycles. The molecule has 0 radical (unpaired) electrons. The van der Waals surface area contributed by atoms with Crippen molar-refractivity contribution in [3.05, 3.63) is 42.4 Å². The zero-order valence-electron chi connectivity index (χ0n) is 10.6. The third kappa shape index (κ3) is 2.08. The van der Waals surface area contributed by atoms with Crippen molar-refractivity contribution in [2.45, 2.75) is 12.8 Å². The SMILES string of the molecule is CC(CN)c1noc(-c2cccc3cccnc23)n1. The van der Waals surface area contributed by atoms with Crippen molar-refractivity contribution in [1.29, 1.82) is 0 Å². The van der Waals surface area contributed by atoms with Crippen LogP contribution in [0.2, 0.25) is 0 Å². The van der Waals surface area contributed by atoms with Crippen LogP contribution in [0.4, 0.5) is 0 Å². The number of hydrogen-bond acceptors (Lipinski definition) is 5. The number of aromatic nitrogens is 3. The van der Waals surface area contributed by atoms with Gasteiger partial charge in [-0.05, 0) is 12.1 Å². The van der Waals surface area contributed by atoms with E-state index >= 15 is 0 Å². The highest BCUT2D eigenvalue weighted by Gasteiger charge is 2.15. The lowest BCUT2D eigenvalue weighted by Gasteiger charge is -2.01. The number of nitrogens with two attached hydrogens (primary N) is 1. The Morgan fingerprint density at radius 2 is 2.11 bits per heavy atom. The van der Waals surface area contributed by atoms with Crippen LogP contribution in [0.5, 0.6) is 0 Å². The van der Waals surface area contributed by atoms with Crippen LogP contribution in [-0.2, 0) is 0 Å². The topological polar surface area (TPSA) is 77.8 Å². The van der Waals surface area contributed by atoms with Gasteiger partial charge in [0.2, 0.25) is 0 Å². The fourth-order valence-electron chi connectivity index (χ4n) is 1.93. The average molecular weight is 254 g/mol. The third-order valence-corrected chi connectivity index (χ3v) is 3.10. The highest BCUT2D eigenvalue weighted by atomic mass is 16.5. The maximum Gasteiger partial charge on any atom is 0.260 e. The summed E-state index contributed by atoms with van der Waals surface area (Å²) in [6.07, 6.45) is 1.76. The average Bonchev–Trinajstić information content (AvgIpc) is 2.95. The second kappa shape index (κ2) is 4.78. The highest BCUT2D eigenvalue weighted by Crippen LogP contribution is 2.26. The van der Waals surface area contributed by atoms with Gasteiger partial charge in [0, 0.05) is 24.0 Å².